The standard InChI is InChI=1S/C28H32N6O5/c1-17-22(32-24(35)13-10-18-6-3-2-4-7-18)12-11-19-8-5-9-20-14-23(34(17)26(19)20)27(38)31-21(15-25(36)37)16-30-33-28(29)39/h2-9,16,21-23H,1,10-15H2,(H,31,38)(H,32,35)(H,36,37)(H3,29,33,39)/b30-16+/t21-,22-,23-/m0/s1. The fraction of sp³-hybridized carbons (Fsp3) is 0.321. The van der Waals surface area contributed by atoms with Gasteiger partial charge in [-0.1, -0.05) is 55.1 Å². The number of para-hydroxylation sites is 1. The molecule has 0 saturated carbocycles. The Hall–Kier alpha value is -4.67. The highest BCUT2D eigenvalue weighted by Gasteiger charge is 2.41. The van der Waals surface area contributed by atoms with E-state index in [0.29, 0.717) is 37.8 Å². The number of carbonyl (C=O) groups excluding carboxylic acids is 3. The molecule has 204 valence electrons. The van der Waals surface area contributed by atoms with Crippen molar-refractivity contribution < 1.29 is 24.3 Å². The van der Waals surface area contributed by atoms with Gasteiger partial charge in [0, 0.05) is 30.4 Å². The minimum atomic E-state index is -1.15. The van der Waals surface area contributed by atoms with Crippen LogP contribution in [-0.4, -0.2) is 53.3 Å². The van der Waals surface area contributed by atoms with Crippen LogP contribution >= 0.6 is 0 Å². The Morgan fingerprint density at radius 1 is 1.13 bits per heavy atom. The van der Waals surface area contributed by atoms with Crippen LogP contribution in [0.1, 0.15) is 36.0 Å². The lowest BCUT2D eigenvalue weighted by atomic mass is 10.0. The van der Waals surface area contributed by atoms with E-state index in [4.69, 9.17) is 5.73 Å². The third kappa shape index (κ3) is 6.81. The van der Waals surface area contributed by atoms with Crippen molar-refractivity contribution in [1.29, 1.82) is 0 Å². The van der Waals surface area contributed by atoms with Crippen LogP contribution in [0.3, 0.4) is 0 Å². The number of nitrogens with two attached hydrogens (primary N) is 1. The number of anilines is 1. The summed E-state index contributed by atoms with van der Waals surface area (Å²) in [5, 5.41) is 18.7. The molecule has 2 aromatic carbocycles. The lowest BCUT2D eigenvalue weighted by molar-refractivity contribution is -0.137. The van der Waals surface area contributed by atoms with E-state index in [-0.39, 0.29) is 11.9 Å². The minimum absolute atomic E-state index is 0.101. The Kier molecular flexibility index (Phi) is 8.60. The van der Waals surface area contributed by atoms with Crippen LogP contribution in [0, 0.1) is 0 Å². The van der Waals surface area contributed by atoms with Gasteiger partial charge in [0.15, 0.2) is 0 Å². The number of nitrogens with one attached hydrogen (secondary N) is 3. The molecule has 2 aliphatic heterocycles. The van der Waals surface area contributed by atoms with E-state index in [2.05, 4.69) is 22.3 Å². The van der Waals surface area contributed by atoms with Gasteiger partial charge in [-0.05, 0) is 36.0 Å². The Labute approximate surface area is 226 Å². The lowest BCUT2D eigenvalue weighted by Gasteiger charge is -2.32. The highest BCUT2D eigenvalue weighted by molar-refractivity contribution is 5.93. The largest absolute Gasteiger partial charge is 0.481 e. The molecule has 2 aliphatic rings. The third-order valence-corrected chi connectivity index (χ3v) is 6.86. The molecule has 0 radical (unpaired) electrons. The zero-order valence-electron chi connectivity index (χ0n) is 21.4. The normalized spacial score (nSPS) is 18.7. The minimum Gasteiger partial charge on any atom is -0.481 e. The van der Waals surface area contributed by atoms with E-state index in [0.717, 1.165) is 28.6 Å². The Morgan fingerprint density at radius 3 is 2.59 bits per heavy atom. The zero-order chi connectivity index (χ0) is 27.9. The van der Waals surface area contributed by atoms with Crippen molar-refractivity contribution in [3.05, 3.63) is 77.5 Å². The van der Waals surface area contributed by atoms with Gasteiger partial charge in [0.2, 0.25) is 11.8 Å². The van der Waals surface area contributed by atoms with Gasteiger partial charge in [0.25, 0.3) is 0 Å². The van der Waals surface area contributed by atoms with Crippen molar-refractivity contribution in [2.24, 2.45) is 10.8 Å². The number of rotatable bonds is 10. The molecular formula is C28H32N6O5. The molecule has 39 heavy (non-hydrogen) atoms. The Bertz CT molecular complexity index is 1290. The van der Waals surface area contributed by atoms with E-state index in [9.17, 15) is 24.3 Å². The van der Waals surface area contributed by atoms with Crippen LogP contribution in [0.25, 0.3) is 0 Å². The SMILES string of the molecule is C=C1[C@@H](NC(=O)CCc2ccccc2)CCc2cccc3c2N1[C@H](C(=O)N[C@H](/C=N/NC(N)=O)CC(=O)O)C3. The quantitative estimate of drug-likeness (QED) is 0.230. The summed E-state index contributed by atoms with van der Waals surface area (Å²) >= 11 is 0. The summed E-state index contributed by atoms with van der Waals surface area (Å²) in [5.74, 6) is -1.68. The summed E-state index contributed by atoms with van der Waals surface area (Å²) in [5.41, 5.74) is 11.6. The number of carbonyl (C=O) groups is 4. The summed E-state index contributed by atoms with van der Waals surface area (Å²) in [6.07, 6.45) is 3.33. The van der Waals surface area contributed by atoms with Crippen LogP contribution in [-0.2, 0) is 33.6 Å². The number of aliphatic carboxylic acids is 1. The van der Waals surface area contributed by atoms with Crippen LogP contribution in [0.5, 0.6) is 0 Å². The molecule has 11 heteroatoms. The van der Waals surface area contributed by atoms with Gasteiger partial charge in [-0.2, -0.15) is 5.10 Å². The third-order valence-electron chi connectivity index (χ3n) is 6.86. The van der Waals surface area contributed by atoms with Crippen molar-refractivity contribution >= 4 is 35.7 Å². The maximum atomic E-state index is 13.5. The van der Waals surface area contributed by atoms with Crippen molar-refractivity contribution in [1.82, 2.24) is 16.1 Å². The highest BCUT2D eigenvalue weighted by atomic mass is 16.4. The monoisotopic (exact) mass is 532 g/mol. The summed E-state index contributed by atoms with van der Waals surface area (Å²) in [4.78, 5) is 50.5. The predicted octanol–water partition coefficient (Wildman–Crippen LogP) is 1.61. The number of urea groups is 1. The number of nitrogens with zero attached hydrogens (tertiary/aromatic N) is 2. The molecule has 2 aromatic rings. The molecule has 11 nitrogen and oxygen atoms in total. The van der Waals surface area contributed by atoms with Gasteiger partial charge in [-0.15, -0.1) is 0 Å². The first-order valence-corrected chi connectivity index (χ1v) is 12.8. The number of aryl methyl sites for hydroxylation is 2. The molecule has 6 N–H and O–H groups in total. The number of hydrogen-bond acceptors (Lipinski definition) is 6. The molecule has 3 atom stereocenters. The number of carboxylic acid groups (broad SMARTS) is 1. The Morgan fingerprint density at radius 2 is 1.87 bits per heavy atom. The van der Waals surface area contributed by atoms with Crippen LogP contribution in [0.4, 0.5) is 10.5 Å². The number of hydrazone groups is 1. The van der Waals surface area contributed by atoms with Gasteiger partial charge in [-0.25, -0.2) is 10.2 Å². The second kappa shape index (κ2) is 12.2. The molecule has 0 spiro atoms. The molecular weight excluding hydrogens is 500 g/mol. The van der Waals surface area contributed by atoms with Crippen LogP contribution in [0.2, 0.25) is 0 Å². The first kappa shape index (κ1) is 27.4. The molecule has 0 aliphatic carbocycles. The van der Waals surface area contributed by atoms with E-state index >= 15 is 0 Å². The van der Waals surface area contributed by atoms with E-state index < -0.39 is 36.4 Å². The average molecular weight is 533 g/mol. The topological polar surface area (TPSA) is 166 Å². The predicted molar refractivity (Wildman–Crippen MR) is 146 cm³/mol. The molecule has 4 amide bonds. The number of benzene rings is 2. The lowest BCUT2D eigenvalue weighted by Crippen LogP contribution is -2.51. The second-order valence-electron chi connectivity index (χ2n) is 9.62. The zero-order valence-corrected chi connectivity index (χ0v) is 21.4. The first-order chi connectivity index (χ1) is 18.7. The molecule has 0 aromatic heterocycles. The van der Waals surface area contributed by atoms with Crippen LogP contribution < -0.4 is 26.7 Å². The van der Waals surface area contributed by atoms with Crippen molar-refractivity contribution in [3.8, 4) is 0 Å². The Balaban J connectivity index is 1.51. The maximum Gasteiger partial charge on any atom is 0.332 e. The number of carboxylic acids is 1. The van der Waals surface area contributed by atoms with Crippen molar-refractivity contribution in [2.75, 3.05) is 4.90 Å². The summed E-state index contributed by atoms with van der Waals surface area (Å²) in [6, 6.07) is 12.7. The van der Waals surface area contributed by atoms with E-state index in [1.54, 1.807) is 0 Å². The molecule has 0 fully saturated rings. The summed E-state index contributed by atoms with van der Waals surface area (Å²) in [6.45, 7) is 4.29. The van der Waals surface area contributed by atoms with Gasteiger partial charge in [0.05, 0.1) is 18.5 Å². The molecule has 2 heterocycles. The number of amides is 4. The molecule has 0 saturated heterocycles. The average Bonchev–Trinajstić information content (AvgIpc) is 3.23. The van der Waals surface area contributed by atoms with Crippen molar-refractivity contribution in [2.45, 2.75) is 56.7 Å². The van der Waals surface area contributed by atoms with E-state index in [1.165, 1.54) is 0 Å². The maximum absolute atomic E-state index is 13.5. The van der Waals surface area contributed by atoms with Gasteiger partial charge >= 0.3 is 12.0 Å². The second-order valence-corrected chi connectivity index (χ2v) is 9.62. The fourth-order valence-electron chi connectivity index (χ4n) is 5.09. The first-order valence-electron chi connectivity index (χ1n) is 12.8. The molecule has 0 bridgehead atoms. The van der Waals surface area contributed by atoms with E-state index in [1.807, 2.05) is 58.9 Å². The van der Waals surface area contributed by atoms with Gasteiger partial charge in [0.1, 0.15) is 6.04 Å². The number of hydrogen-bond donors (Lipinski definition) is 5. The smallest absolute Gasteiger partial charge is 0.332 e. The molecule has 4 rings (SSSR count). The summed E-state index contributed by atoms with van der Waals surface area (Å²) < 4.78 is 0. The van der Waals surface area contributed by atoms with Crippen LogP contribution in [0.15, 0.2) is 65.9 Å². The van der Waals surface area contributed by atoms with Gasteiger partial charge in [-0.3, -0.25) is 14.4 Å². The van der Waals surface area contributed by atoms with Crippen molar-refractivity contribution in [3.63, 3.8) is 0 Å². The summed E-state index contributed by atoms with van der Waals surface area (Å²) in [7, 11) is 0. The number of primary amides is 1. The highest BCUT2D eigenvalue weighted by Crippen LogP contribution is 2.41. The van der Waals surface area contributed by atoms with Gasteiger partial charge < -0.3 is 26.4 Å². The molecule has 0 unspecified atom stereocenters. The fourth-order valence-corrected chi connectivity index (χ4v) is 5.09.